The Morgan fingerprint density at radius 2 is 1.62 bits per heavy atom. The van der Waals surface area contributed by atoms with Gasteiger partial charge in [-0.05, 0) is 55.3 Å². The summed E-state index contributed by atoms with van der Waals surface area (Å²) in [7, 11) is 0. The van der Waals surface area contributed by atoms with E-state index in [9.17, 15) is 19.1 Å². The van der Waals surface area contributed by atoms with Gasteiger partial charge >= 0.3 is 0 Å². The predicted octanol–water partition coefficient (Wildman–Crippen LogP) is 4.06. The molecule has 0 atom stereocenters. The molecule has 0 aliphatic carbocycles. The average Bonchev–Trinajstić information content (AvgIpc) is 2.86. The zero-order valence-electron chi connectivity index (χ0n) is 18.8. The molecular weight excluding hydrogens is 433 g/mol. The molecule has 1 aliphatic rings. The van der Waals surface area contributed by atoms with Crippen LogP contribution in [0.5, 0.6) is 0 Å². The van der Waals surface area contributed by atoms with Crippen molar-refractivity contribution in [2.24, 2.45) is 0 Å². The second-order valence-electron chi connectivity index (χ2n) is 8.48. The van der Waals surface area contributed by atoms with E-state index in [4.69, 9.17) is 0 Å². The second kappa shape index (κ2) is 11.0. The molecule has 3 aromatic rings. The third kappa shape index (κ3) is 6.07. The van der Waals surface area contributed by atoms with Gasteiger partial charge in [-0.1, -0.05) is 30.3 Å². The molecule has 34 heavy (non-hydrogen) atoms. The summed E-state index contributed by atoms with van der Waals surface area (Å²) in [5.74, 6) is -0.524. The number of halogens is 1. The van der Waals surface area contributed by atoms with E-state index in [1.54, 1.807) is 42.5 Å². The fourth-order valence-electron chi connectivity index (χ4n) is 4.15. The number of carbonyl (C=O) groups is 2. The van der Waals surface area contributed by atoms with E-state index >= 15 is 0 Å². The van der Waals surface area contributed by atoms with Crippen LogP contribution in [0.15, 0.2) is 72.8 Å². The summed E-state index contributed by atoms with van der Waals surface area (Å²) < 4.78 is 13.4. The lowest BCUT2D eigenvalue weighted by Crippen LogP contribution is -2.42. The molecule has 0 bridgehead atoms. The molecule has 0 aromatic heterocycles. The number of hydrogen-bond donors (Lipinski definition) is 3. The lowest BCUT2D eigenvalue weighted by molar-refractivity contribution is -0.117. The number of aliphatic hydroxyl groups is 1. The summed E-state index contributed by atoms with van der Waals surface area (Å²) in [5, 5.41) is 15.7. The van der Waals surface area contributed by atoms with Crippen LogP contribution in [0.1, 0.15) is 34.3 Å². The summed E-state index contributed by atoms with van der Waals surface area (Å²) in [6.45, 7) is 1.58. The summed E-state index contributed by atoms with van der Waals surface area (Å²) >= 11 is 0. The summed E-state index contributed by atoms with van der Waals surface area (Å²) in [5.41, 5.74) is 3.14. The minimum Gasteiger partial charge on any atom is -0.392 e. The first-order valence-corrected chi connectivity index (χ1v) is 11.4. The highest BCUT2D eigenvalue weighted by molar-refractivity contribution is 6.09. The topological polar surface area (TPSA) is 81.7 Å². The summed E-state index contributed by atoms with van der Waals surface area (Å²) in [6, 6.07) is 20.6. The number of piperidine rings is 1. The van der Waals surface area contributed by atoms with E-state index in [-0.39, 0.29) is 36.7 Å². The summed E-state index contributed by atoms with van der Waals surface area (Å²) in [4.78, 5) is 27.1. The first-order chi connectivity index (χ1) is 16.5. The number of benzene rings is 3. The van der Waals surface area contributed by atoms with Crippen LogP contribution >= 0.6 is 0 Å². The van der Waals surface area contributed by atoms with Gasteiger partial charge in [-0.15, -0.1) is 0 Å². The highest BCUT2D eigenvalue weighted by Crippen LogP contribution is 2.22. The minimum atomic E-state index is -0.368. The summed E-state index contributed by atoms with van der Waals surface area (Å²) in [6.07, 6.45) is 1.68. The van der Waals surface area contributed by atoms with Crippen molar-refractivity contribution in [2.75, 3.05) is 30.3 Å². The molecule has 0 unspecified atom stereocenters. The zero-order valence-corrected chi connectivity index (χ0v) is 18.8. The van der Waals surface area contributed by atoms with Crippen LogP contribution in [0, 0.1) is 5.82 Å². The number of rotatable bonds is 8. The Morgan fingerprint density at radius 3 is 2.29 bits per heavy atom. The van der Waals surface area contributed by atoms with Gasteiger partial charge < -0.3 is 15.7 Å². The molecule has 176 valence electrons. The van der Waals surface area contributed by atoms with E-state index in [2.05, 4.69) is 15.5 Å². The van der Waals surface area contributed by atoms with Crippen LogP contribution < -0.4 is 10.6 Å². The number of nitrogens with zero attached hydrogens (tertiary/aromatic N) is 1. The number of ketones is 1. The number of nitrogens with one attached hydrogen (secondary N) is 2. The van der Waals surface area contributed by atoms with Crippen LogP contribution in [0.3, 0.4) is 0 Å². The first-order valence-electron chi connectivity index (χ1n) is 11.4. The molecule has 3 N–H and O–H groups in total. The maximum Gasteiger partial charge on any atom is 0.238 e. The average molecular weight is 462 g/mol. The number of likely N-dealkylation sites (tertiary alicyclic amines) is 1. The Kier molecular flexibility index (Phi) is 7.67. The third-order valence-electron chi connectivity index (χ3n) is 6.02. The molecule has 7 heteroatoms. The number of amides is 1. The number of carbonyl (C=O) groups excluding carboxylic acids is 2. The fraction of sp³-hybridized carbons (Fsp3) is 0.259. The van der Waals surface area contributed by atoms with Gasteiger partial charge in [-0.3, -0.25) is 14.5 Å². The maximum atomic E-state index is 13.4. The van der Waals surface area contributed by atoms with Gasteiger partial charge in [0.1, 0.15) is 5.82 Å². The smallest absolute Gasteiger partial charge is 0.238 e. The molecule has 3 aromatic carbocycles. The molecule has 1 heterocycles. The van der Waals surface area contributed by atoms with Crippen molar-refractivity contribution < 1.29 is 19.1 Å². The van der Waals surface area contributed by atoms with Crippen LogP contribution in [0.4, 0.5) is 15.8 Å². The first kappa shape index (κ1) is 23.6. The van der Waals surface area contributed by atoms with Crippen molar-refractivity contribution in [3.8, 4) is 0 Å². The molecule has 0 spiro atoms. The van der Waals surface area contributed by atoms with Crippen LogP contribution in [-0.2, 0) is 11.4 Å². The van der Waals surface area contributed by atoms with Gasteiger partial charge in [0.25, 0.3) is 0 Å². The normalized spacial score (nSPS) is 14.5. The Bertz CT molecular complexity index is 1130. The molecule has 1 fully saturated rings. The monoisotopic (exact) mass is 461 g/mol. The molecule has 0 saturated carbocycles. The lowest BCUT2D eigenvalue weighted by Gasteiger charge is -2.32. The quantitative estimate of drug-likeness (QED) is 0.441. The van der Waals surface area contributed by atoms with Crippen LogP contribution in [0.25, 0.3) is 0 Å². The van der Waals surface area contributed by atoms with E-state index < -0.39 is 0 Å². The van der Waals surface area contributed by atoms with Gasteiger partial charge in [0.05, 0.1) is 13.2 Å². The van der Waals surface area contributed by atoms with E-state index in [0.29, 0.717) is 22.4 Å². The van der Waals surface area contributed by atoms with Crippen molar-refractivity contribution in [2.45, 2.75) is 25.5 Å². The van der Waals surface area contributed by atoms with Crippen LogP contribution in [0.2, 0.25) is 0 Å². The molecule has 4 rings (SSSR count). The molecule has 1 amide bonds. The largest absolute Gasteiger partial charge is 0.392 e. The van der Waals surface area contributed by atoms with Gasteiger partial charge in [-0.2, -0.15) is 0 Å². The van der Waals surface area contributed by atoms with E-state index in [0.717, 1.165) is 31.6 Å². The number of hydrogen-bond acceptors (Lipinski definition) is 5. The highest BCUT2D eigenvalue weighted by atomic mass is 19.1. The number of anilines is 2. The highest BCUT2D eigenvalue weighted by Gasteiger charge is 2.21. The second-order valence-corrected chi connectivity index (χ2v) is 8.48. The molecule has 0 radical (unpaired) electrons. The van der Waals surface area contributed by atoms with Crippen molar-refractivity contribution >= 4 is 23.1 Å². The van der Waals surface area contributed by atoms with Gasteiger partial charge in [0.2, 0.25) is 5.91 Å². The van der Waals surface area contributed by atoms with Crippen molar-refractivity contribution in [3.05, 3.63) is 95.3 Å². The van der Waals surface area contributed by atoms with Gasteiger partial charge in [0.15, 0.2) is 5.78 Å². The number of aliphatic hydroxyl groups excluding tert-OH is 1. The molecule has 1 aliphatic heterocycles. The maximum absolute atomic E-state index is 13.4. The third-order valence-corrected chi connectivity index (χ3v) is 6.02. The van der Waals surface area contributed by atoms with E-state index in [1.165, 1.54) is 12.1 Å². The van der Waals surface area contributed by atoms with Gasteiger partial charge in [0, 0.05) is 47.2 Å². The Hall–Kier alpha value is -3.55. The standard InChI is InChI=1S/C27H28FN3O3/c28-22-8-11-25(21(16-22)18-32)29-24-12-14-31(15-13-24)17-26(33)30-23-9-6-20(7-10-23)27(34)19-4-2-1-3-5-19/h1-11,16,24,29,32H,12-15,17-18H2,(H,30,33). The fourth-order valence-corrected chi connectivity index (χ4v) is 4.15. The predicted molar refractivity (Wildman–Crippen MR) is 130 cm³/mol. The van der Waals surface area contributed by atoms with Crippen molar-refractivity contribution in [1.82, 2.24) is 4.90 Å². The Balaban J connectivity index is 1.24. The van der Waals surface area contributed by atoms with Crippen molar-refractivity contribution in [3.63, 3.8) is 0 Å². The molecule has 1 saturated heterocycles. The minimum absolute atomic E-state index is 0.0540. The van der Waals surface area contributed by atoms with E-state index in [1.807, 2.05) is 18.2 Å². The van der Waals surface area contributed by atoms with Gasteiger partial charge in [-0.25, -0.2) is 4.39 Å². The lowest BCUT2D eigenvalue weighted by atomic mass is 10.0. The zero-order chi connectivity index (χ0) is 23.9. The molecular formula is C27H28FN3O3. The Labute approximate surface area is 198 Å². The van der Waals surface area contributed by atoms with Crippen molar-refractivity contribution in [1.29, 1.82) is 0 Å². The van der Waals surface area contributed by atoms with Crippen LogP contribution in [-0.4, -0.2) is 47.4 Å². The Morgan fingerprint density at radius 1 is 0.941 bits per heavy atom. The SMILES string of the molecule is O=C(CN1CCC(Nc2ccc(F)cc2CO)CC1)Nc1ccc(C(=O)c2ccccc2)cc1. The molecule has 6 nitrogen and oxygen atoms in total.